The third-order valence-corrected chi connectivity index (χ3v) is 4.68. The van der Waals surface area contributed by atoms with Gasteiger partial charge >= 0.3 is 0 Å². The minimum Gasteiger partial charge on any atom is -0.378 e. The van der Waals surface area contributed by atoms with Crippen molar-refractivity contribution in [3.05, 3.63) is 30.3 Å². The Bertz CT molecular complexity index is 452. The second-order valence-corrected chi connectivity index (χ2v) is 6.21. The van der Waals surface area contributed by atoms with Gasteiger partial charge < -0.3 is 4.74 Å². The van der Waals surface area contributed by atoms with Crippen LogP contribution in [0.2, 0.25) is 0 Å². The lowest BCUT2D eigenvalue weighted by Gasteiger charge is -2.14. The molecule has 1 aliphatic heterocycles. The molecule has 94 valence electrons. The number of sulfone groups is 1. The average molecular weight is 258 g/mol. The van der Waals surface area contributed by atoms with Gasteiger partial charge in [0, 0.05) is 13.0 Å². The van der Waals surface area contributed by atoms with Crippen molar-refractivity contribution in [2.45, 2.75) is 35.8 Å². The first kappa shape index (κ1) is 12.5. The van der Waals surface area contributed by atoms with Crippen LogP contribution >= 0.6 is 0 Å². The topological polar surface area (TPSA) is 43.4 Å². The first-order valence-corrected chi connectivity index (χ1v) is 7.20. The van der Waals surface area contributed by atoms with Crippen LogP contribution in [0.4, 0.5) is 4.39 Å². The Morgan fingerprint density at radius 2 is 2.06 bits per heavy atom. The van der Waals surface area contributed by atoms with E-state index >= 15 is 0 Å². The number of halogens is 1. The molecule has 2 atom stereocenters. The van der Waals surface area contributed by atoms with E-state index in [1.165, 1.54) is 12.1 Å². The van der Waals surface area contributed by atoms with E-state index in [2.05, 4.69) is 0 Å². The van der Waals surface area contributed by atoms with Crippen LogP contribution in [-0.4, -0.2) is 26.6 Å². The van der Waals surface area contributed by atoms with Crippen molar-refractivity contribution in [1.29, 1.82) is 0 Å². The lowest BCUT2D eigenvalue weighted by Crippen LogP contribution is -2.22. The summed E-state index contributed by atoms with van der Waals surface area (Å²) in [5.41, 5.74) is -1.88. The summed E-state index contributed by atoms with van der Waals surface area (Å²) in [5.74, 6) is 0. The van der Waals surface area contributed by atoms with Crippen LogP contribution in [-0.2, 0) is 14.6 Å². The minimum atomic E-state index is -3.87. The quantitative estimate of drug-likeness (QED) is 0.832. The molecule has 1 saturated heterocycles. The molecule has 1 heterocycles. The number of hydrogen-bond acceptors (Lipinski definition) is 3. The highest BCUT2D eigenvalue weighted by molar-refractivity contribution is 7.91. The highest BCUT2D eigenvalue weighted by Gasteiger charge is 2.31. The van der Waals surface area contributed by atoms with Crippen LogP contribution in [0.15, 0.2) is 35.2 Å². The van der Waals surface area contributed by atoms with Crippen molar-refractivity contribution in [3.8, 4) is 0 Å². The second-order valence-electron chi connectivity index (χ2n) is 4.14. The molecule has 1 aromatic rings. The largest absolute Gasteiger partial charge is 0.378 e. The lowest BCUT2D eigenvalue weighted by molar-refractivity contribution is 0.0926. The predicted molar refractivity (Wildman–Crippen MR) is 62.1 cm³/mol. The van der Waals surface area contributed by atoms with Gasteiger partial charge in [0.05, 0.1) is 11.0 Å². The summed E-state index contributed by atoms with van der Waals surface area (Å²) in [5, 5.41) is 0. The summed E-state index contributed by atoms with van der Waals surface area (Å²) >= 11 is 0. The zero-order valence-corrected chi connectivity index (χ0v) is 10.2. The van der Waals surface area contributed by atoms with Crippen LogP contribution in [0.5, 0.6) is 0 Å². The van der Waals surface area contributed by atoms with E-state index in [0.29, 0.717) is 6.61 Å². The number of alkyl halides is 1. The molecule has 0 aliphatic carbocycles. The lowest BCUT2D eigenvalue weighted by atomic mass is 10.2. The van der Waals surface area contributed by atoms with Gasteiger partial charge in [0.2, 0.25) is 15.3 Å². The molecule has 0 aromatic heterocycles. The Balaban J connectivity index is 2.09. The van der Waals surface area contributed by atoms with Crippen molar-refractivity contribution in [1.82, 2.24) is 0 Å². The fourth-order valence-electron chi connectivity index (χ4n) is 1.92. The van der Waals surface area contributed by atoms with Gasteiger partial charge in [0.1, 0.15) is 0 Å². The van der Waals surface area contributed by atoms with E-state index in [1.807, 2.05) is 0 Å². The monoisotopic (exact) mass is 258 g/mol. The Morgan fingerprint density at radius 1 is 1.35 bits per heavy atom. The van der Waals surface area contributed by atoms with E-state index in [9.17, 15) is 12.8 Å². The standard InChI is InChI=1S/C12H15FO3S/c13-12(9-10-5-4-8-16-10)17(14,15)11-6-2-1-3-7-11/h1-3,6-7,10,12H,4-5,8-9H2. The first-order valence-electron chi connectivity index (χ1n) is 5.65. The maximum Gasteiger partial charge on any atom is 0.210 e. The van der Waals surface area contributed by atoms with Crippen LogP contribution in [0.3, 0.4) is 0 Å². The summed E-state index contributed by atoms with van der Waals surface area (Å²) in [6.45, 7) is 0.600. The minimum absolute atomic E-state index is 0.0329. The summed E-state index contributed by atoms with van der Waals surface area (Å²) in [6, 6.07) is 7.71. The van der Waals surface area contributed by atoms with E-state index < -0.39 is 15.3 Å². The molecule has 3 nitrogen and oxygen atoms in total. The van der Waals surface area contributed by atoms with E-state index in [0.717, 1.165) is 12.8 Å². The Morgan fingerprint density at radius 3 is 2.65 bits per heavy atom. The summed E-state index contributed by atoms with van der Waals surface area (Å²) in [7, 11) is -3.87. The normalized spacial score (nSPS) is 22.5. The Hall–Kier alpha value is -0.940. The van der Waals surface area contributed by atoms with E-state index in [4.69, 9.17) is 4.74 Å². The van der Waals surface area contributed by atoms with Gasteiger partial charge in [-0.05, 0) is 25.0 Å². The summed E-state index contributed by atoms with van der Waals surface area (Å²) in [4.78, 5) is 0.0329. The number of benzene rings is 1. The average Bonchev–Trinajstić information content (AvgIpc) is 2.83. The molecule has 5 heteroatoms. The van der Waals surface area contributed by atoms with Gasteiger partial charge in [-0.25, -0.2) is 12.8 Å². The zero-order valence-electron chi connectivity index (χ0n) is 9.38. The molecule has 1 aliphatic rings. The Labute approximate surface area is 101 Å². The van der Waals surface area contributed by atoms with Crippen molar-refractivity contribution < 1.29 is 17.5 Å². The van der Waals surface area contributed by atoms with Gasteiger partial charge in [-0.2, -0.15) is 0 Å². The molecule has 2 rings (SSSR count). The molecular formula is C12H15FO3S. The van der Waals surface area contributed by atoms with Crippen LogP contribution in [0.1, 0.15) is 19.3 Å². The molecule has 0 bridgehead atoms. The van der Waals surface area contributed by atoms with Gasteiger partial charge in [0.25, 0.3) is 0 Å². The van der Waals surface area contributed by atoms with Gasteiger partial charge in [0.15, 0.2) is 0 Å². The molecule has 0 spiro atoms. The van der Waals surface area contributed by atoms with Crippen molar-refractivity contribution in [3.63, 3.8) is 0 Å². The molecule has 1 fully saturated rings. The molecule has 2 unspecified atom stereocenters. The van der Waals surface area contributed by atoms with Crippen molar-refractivity contribution in [2.75, 3.05) is 6.61 Å². The molecule has 17 heavy (non-hydrogen) atoms. The molecule has 1 aromatic carbocycles. The maximum atomic E-state index is 13.9. The third-order valence-electron chi connectivity index (χ3n) is 2.88. The third kappa shape index (κ3) is 2.84. The van der Waals surface area contributed by atoms with Crippen LogP contribution < -0.4 is 0 Å². The van der Waals surface area contributed by atoms with Gasteiger partial charge in [-0.15, -0.1) is 0 Å². The summed E-state index contributed by atoms with van der Waals surface area (Å²) in [6.07, 6.45) is 1.29. The second kappa shape index (κ2) is 5.14. The zero-order chi connectivity index (χ0) is 12.3. The molecule has 0 saturated carbocycles. The predicted octanol–water partition coefficient (Wildman–Crippen LogP) is 2.33. The molecule has 0 radical (unpaired) electrons. The number of ether oxygens (including phenoxy) is 1. The van der Waals surface area contributed by atoms with Crippen molar-refractivity contribution >= 4 is 9.84 Å². The fourth-order valence-corrected chi connectivity index (χ4v) is 3.22. The molecule has 0 N–H and O–H groups in total. The van der Waals surface area contributed by atoms with Crippen LogP contribution in [0.25, 0.3) is 0 Å². The Kier molecular flexibility index (Phi) is 3.79. The highest BCUT2D eigenvalue weighted by Crippen LogP contribution is 2.25. The first-order chi connectivity index (χ1) is 8.10. The number of hydrogen-bond donors (Lipinski definition) is 0. The SMILES string of the molecule is O=S(=O)(c1ccccc1)C(F)CC1CCCO1. The smallest absolute Gasteiger partial charge is 0.210 e. The van der Waals surface area contributed by atoms with Crippen LogP contribution in [0, 0.1) is 0 Å². The van der Waals surface area contributed by atoms with Gasteiger partial charge in [-0.3, -0.25) is 0 Å². The number of rotatable bonds is 4. The van der Waals surface area contributed by atoms with Gasteiger partial charge in [-0.1, -0.05) is 18.2 Å². The highest BCUT2D eigenvalue weighted by atomic mass is 32.2. The molecular weight excluding hydrogens is 243 g/mol. The van der Waals surface area contributed by atoms with Crippen molar-refractivity contribution in [2.24, 2.45) is 0 Å². The van der Waals surface area contributed by atoms with E-state index in [-0.39, 0.29) is 17.4 Å². The fraction of sp³-hybridized carbons (Fsp3) is 0.500. The maximum absolute atomic E-state index is 13.9. The van der Waals surface area contributed by atoms with E-state index in [1.54, 1.807) is 18.2 Å². The summed E-state index contributed by atoms with van der Waals surface area (Å²) < 4.78 is 42.9. The molecule has 0 amide bonds.